The molecule has 1 aromatic rings. The van der Waals surface area contributed by atoms with E-state index in [-0.39, 0.29) is 6.10 Å². The quantitative estimate of drug-likeness (QED) is 0.744. The minimum Gasteiger partial charge on any atom is -0.370 e. The fourth-order valence-electron chi connectivity index (χ4n) is 2.16. The van der Waals surface area contributed by atoms with Crippen molar-refractivity contribution < 1.29 is 4.74 Å². The van der Waals surface area contributed by atoms with Crippen molar-refractivity contribution in [2.24, 2.45) is 0 Å². The Morgan fingerprint density at radius 2 is 2.20 bits per heavy atom. The Labute approximate surface area is 93.6 Å². The number of halogens is 1. The summed E-state index contributed by atoms with van der Waals surface area (Å²) in [6.07, 6.45) is 4.78. The third kappa shape index (κ3) is 1.66. The van der Waals surface area contributed by atoms with Crippen molar-refractivity contribution in [2.75, 3.05) is 6.61 Å². The summed E-state index contributed by atoms with van der Waals surface area (Å²) in [5.74, 6) is 2.33. The van der Waals surface area contributed by atoms with Gasteiger partial charge in [0.15, 0.2) is 5.82 Å². The third-order valence-corrected chi connectivity index (χ3v) is 3.28. The van der Waals surface area contributed by atoms with Crippen molar-refractivity contribution in [3.05, 3.63) is 11.6 Å². The summed E-state index contributed by atoms with van der Waals surface area (Å²) >= 11 is 5.86. The van der Waals surface area contributed by atoms with Crippen LogP contribution >= 0.6 is 11.6 Å². The normalized spacial score (nSPS) is 26.1. The van der Waals surface area contributed by atoms with Gasteiger partial charge in [-0.2, -0.15) is 0 Å². The van der Waals surface area contributed by atoms with Crippen LogP contribution in [-0.4, -0.2) is 21.4 Å². The number of ether oxygens (including phenoxy) is 1. The molecule has 0 bridgehead atoms. The Balaban J connectivity index is 1.94. The monoisotopic (exact) mass is 227 g/mol. The second-order valence-electron chi connectivity index (χ2n) is 4.21. The van der Waals surface area contributed by atoms with Gasteiger partial charge >= 0.3 is 0 Å². The molecule has 0 spiro atoms. The van der Waals surface area contributed by atoms with Gasteiger partial charge in [-0.05, 0) is 25.7 Å². The first-order valence-corrected chi connectivity index (χ1v) is 6.05. The lowest BCUT2D eigenvalue weighted by molar-refractivity contribution is 0.101. The summed E-state index contributed by atoms with van der Waals surface area (Å²) in [6, 6.07) is 0.577. The van der Waals surface area contributed by atoms with Crippen LogP contribution in [0.5, 0.6) is 0 Å². The van der Waals surface area contributed by atoms with Crippen LogP contribution in [0, 0.1) is 0 Å². The number of nitrogens with zero attached hydrogens (tertiary/aromatic N) is 3. The SMILES string of the molecule is ClCc1nnc(C2CCCO2)n1C1CC1. The smallest absolute Gasteiger partial charge is 0.162 e. The molecule has 1 aromatic heterocycles. The summed E-state index contributed by atoms with van der Waals surface area (Å²) in [7, 11) is 0. The molecule has 15 heavy (non-hydrogen) atoms. The number of aromatic nitrogens is 3. The van der Waals surface area contributed by atoms with Crippen molar-refractivity contribution in [1.82, 2.24) is 14.8 Å². The molecule has 1 aliphatic carbocycles. The summed E-state index contributed by atoms with van der Waals surface area (Å²) in [6.45, 7) is 0.846. The highest BCUT2D eigenvalue weighted by Gasteiger charge is 2.33. The minimum absolute atomic E-state index is 0.148. The Morgan fingerprint density at radius 3 is 2.80 bits per heavy atom. The Hall–Kier alpha value is -0.610. The van der Waals surface area contributed by atoms with Gasteiger partial charge in [-0.1, -0.05) is 0 Å². The lowest BCUT2D eigenvalue weighted by Crippen LogP contribution is -2.09. The van der Waals surface area contributed by atoms with Gasteiger partial charge in [0, 0.05) is 12.6 Å². The van der Waals surface area contributed by atoms with E-state index in [1.54, 1.807) is 0 Å². The molecule has 3 rings (SSSR count). The Bertz CT molecular complexity index is 356. The Morgan fingerprint density at radius 1 is 1.33 bits per heavy atom. The molecule has 82 valence electrons. The molecule has 2 aliphatic rings. The zero-order chi connectivity index (χ0) is 10.3. The molecule has 1 saturated heterocycles. The first-order valence-electron chi connectivity index (χ1n) is 5.51. The van der Waals surface area contributed by atoms with Crippen LogP contribution in [0.1, 0.15) is 49.5 Å². The van der Waals surface area contributed by atoms with Crippen molar-refractivity contribution in [3.63, 3.8) is 0 Å². The molecule has 5 heteroatoms. The third-order valence-electron chi connectivity index (χ3n) is 3.04. The van der Waals surface area contributed by atoms with Crippen LogP contribution in [0.25, 0.3) is 0 Å². The van der Waals surface area contributed by atoms with E-state index < -0.39 is 0 Å². The highest BCUT2D eigenvalue weighted by atomic mass is 35.5. The summed E-state index contributed by atoms with van der Waals surface area (Å²) in [5.41, 5.74) is 0. The molecule has 2 fully saturated rings. The molecular weight excluding hydrogens is 214 g/mol. The summed E-state index contributed by atoms with van der Waals surface area (Å²) in [4.78, 5) is 0. The van der Waals surface area contributed by atoms with Crippen LogP contribution in [0.3, 0.4) is 0 Å². The fraction of sp³-hybridized carbons (Fsp3) is 0.800. The van der Waals surface area contributed by atoms with E-state index in [2.05, 4.69) is 14.8 Å². The van der Waals surface area contributed by atoms with E-state index in [1.807, 2.05) is 0 Å². The lowest BCUT2D eigenvalue weighted by atomic mass is 10.2. The molecule has 1 unspecified atom stereocenters. The number of hydrogen-bond acceptors (Lipinski definition) is 3. The molecule has 0 radical (unpaired) electrons. The van der Waals surface area contributed by atoms with Crippen LogP contribution < -0.4 is 0 Å². The maximum atomic E-state index is 5.86. The Kier molecular flexibility index (Phi) is 2.41. The van der Waals surface area contributed by atoms with Crippen LogP contribution in [0.2, 0.25) is 0 Å². The topological polar surface area (TPSA) is 39.9 Å². The predicted molar refractivity (Wildman–Crippen MR) is 55.8 cm³/mol. The van der Waals surface area contributed by atoms with Gasteiger partial charge in [-0.15, -0.1) is 21.8 Å². The maximum Gasteiger partial charge on any atom is 0.162 e. The molecule has 0 N–H and O–H groups in total. The van der Waals surface area contributed by atoms with E-state index in [4.69, 9.17) is 16.3 Å². The fourth-order valence-corrected chi connectivity index (χ4v) is 2.34. The molecule has 1 aliphatic heterocycles. The summed E-state index contributed by atoms with van der Waals surface area (Å²) < 4.78 is 7.85. The van der Waals surface area contributed by atoms with Gasteiger partial charge in [0.1, 0.15) is 11.9 Å². The zero-order valence-electron chi connectivity index (χ0n) is 8.53. The average Bonchev–Trinajstić information content (AvgIpc) is 2.83. The van der Waals surface area contributed by atoms with Crippen LogP contribution in [-0.2, 0) is 10.6 Å². The second-order valence-corrected chi connectivity index (χ2v) is 4.48. The van der Waals surface area contributed by atoms with Gasteiger partial charge in [-0.3, -0.25) is 0 Å². The molecule has 1 saturated carbocycles. The first-order chi connectivity index (χ1) is 7.40. The van der Waals surface area contributed by atoms with Crippen molar-refractivity contribution in [1.29, 1.82) is 0 Å². The van der Waals surface area contributed by atoms with E-state index in [1.165, 1.54) is 12.8 Å². The molecule has 0 aromatic carbocycles. The van der Waals surface area contributed by atoms with Gasteiger partial charge in [0.25, 0.3) is 0 Å². The first kappa shape index (κ1) is 9.60. The van der Waals surface area contributed by atoms with E-state index in [0.717, 1.165) is 31.1 Å². The molecule has 0 amide bonds. The lowest BCUT2D eigenvalue weighted by Gasteiger charge is -2.11. The maximum absolute atomic E-state index is 5.86. The standard InChI is InChI=1S/C10H14ClN3O/c11-6-9-12-13-10(8-2-1-5-15-8)14(9)7-3-4-7/h7-8H,1-6H2. The molecule has 1 atom stereocenters. The van der Waals surface area contributed by atoms with Crippen molar-refractivity contribution >= 4 is 11.6 Å². The number of alkyl halides is 1. The summed E-state index contributed by atoms with van der Waals surface area (Å²) in [5, 5.41) is 8.38. The van der Waals surface area contributed by atoms with Crippen molar-refractivity contribution in [2.45, 2.75) is 43.7 Å². The molecule has 2 heterocycles. The zero-order valence-corrected chi connectivity index (χ0v) is 9.28. The van der Waals surface area contributed by atoms with E-state index >= 15 is 0 Å². The predicted octanol–water partition coefficient (Wildman–Crippen LogP) is 2.20. The van der Waals surface area contributed by atoms with Gasteiger partial charge < -0.3 is 9.30 Å². The minimum atomic E-state index is 0.148. The number of rotatable bonds is 3. The number of hydrogen-bond donors (Lipinski definition) is 0. The highest BCUT2D eigenvalue weighted by molar-refractivity contribution is 6.16. The van der Waals surface area contributed by atoms with E-state index in [0.29, 0.717) is 11.9 Å². The van der Waals surface area contributed by atoms with Crippen LogP contribution in [0.15, 0.2) is 0 Å². The van der Waals surface area contributed by atoms with Crippen molar-refractivity contribution in [3.8, 4) is 0 Å². The second kappa shape index (κ2) is 3.76. The van der Waals surface area contributed by atoms with Crippen LogP contribution in [0.4, 0.5) is 0 Å². The largest absolute Gasteiger partial charge is 0.370 e. The highest BCUT2D eigenvalue weighted by Crippen LogP contribution is 2.40. The van der Waals surface area contributed by atoms with E-state index in [9.17, 15) is 0 Å². The van der Waals surface area contributed by atoms with Gasteiger partial charge in [-0.25, -0.2) is 0 Å². The van der Waals surface area contributed by atoms with Gasteiger partial charge in [0.2, 0.25) is 0 Å². The average molecular weight is 228 g/mol. The molecular formula is C10H14ClN3O. The molecule has 4 nitrogen and oxygen atoms in total. The van der Waals surface area contributed by atoms with Gasteiger partial charge in [0.05, 0.1) is 5.88 Å².